The highest BCUT2D eigenvalue weighted by molar-refractivity contribution is 5.35. The zero-order chi connectivity index (χ0) is 15.4. The molecule has 0 bridgehead atoms. The van der Waals surface area contributed by atoms with Gasteiger partial charge in [0, 0.05) is 12.7 Å². The molecule has 120 valence electrons. The molecular weight excluding hydrogens is 278 g/mol. The lowest BCUT2D eigenvalue weighted by Crippen LogP contribution is -2.37. The predicted molar refractivity (Wildman–Crippen MR) is 87.2 cm³/mol. The Balaban J connectivity index is 1.52. The van der Waals surface area contributed by atoms with Gasteiger partial charge in [0.2, 0.25) is 0 Å². The van der Waals surface area contributed by atoms with Crippen LogP contribution in [-0.2, 0) is 6.54 Å². The van der Waals surface area contributed by atoms with Crippen LogP contribution in [0.3, 0.4) is 0 Å². The third-order valence-corrected chi connectivity index (χ3v) is 4.63. The second-order valence-corrected chi connectivity index (χ2v) is 6.11. The number of hydrogen-bond acceptors (Lipinski definition) is 4. The number of hydrogen-bond donors (Lipinski definition) is 1. The van der Waals surface area contributed by atoms with Gasteiger partial charge in [0.1, 0.15) is 0 Å². The monoisotopic (exact) mass is 303 g/mol. The minimum absolute atomic E-state index is 0.0421. The Hall–Kier alpha value is -1.66. The number of likely N-dealkylation sites (tertiary alicyclic amines) is 1. The van der Waals surface area contributed by atoms with E-state index in [0.29, 0.717) is 6.54 Å². The molecule has 1 saturated heterocycles. The van der Waals surface area contributed by atoms with Gasteiger partial charge in [-0.3, -0.25) is 4.40 Å². The molecule has 0 spiro atoms. The van der Waals surface area contributed by atoms with Crippen molar-refractivity contribution in [1.82, 2.24) is 24.4 Å². The van der Waals surface area contributed by atoms with Crippen molar-refractivity contribution in [2.75, 3.05) is 33.2 Å². The van der Waals surface area contributed by atoms with E-state index >= 15 is 0 Å². The van der Waals surface area contributed by atoms with Crippen LogP contribution >= 0.6 is 0 Å². The van der Waals surface area contributed by atoms with Crippen molar-refractivity contribution >= 4 is 5.65 Å². The number of nitrogens with zero attached hydrogens (tertiary/aromatic N) is 4. The fourth-order valence-electron chi connectivity index (χ4n) is 3.20. The van der Waals surface area contributed by atoms with Crippen molar-refractivity contribution in [3.63, 3.8) is 0 Å². The van der Waals surface area contributed by atoms with E-state index in [1.165, 1.54) is 19.3 Å². The SMILES string of the molecule is CNCCC1CCN(CCn2nc3ccccn3c2=O)CC1. The number of aromatic nitrogens is 3. The largest absolute Gasteiger partial charge is 0.350 e. The van der Waals surface area contributed by atoms with Gasteiger partial charge < -0.3 is 10.2 Å². The van der Waals surface area contributed by atoms with Crippen molar-refractivity contribution < 1.29 is 0 Å². The second-order valence-electron chi connectivity index (χ2n) is 6.11. The van der Waals surface area contributed by atoms with E-state index in [9.17, 15) is 4.79 Å². The zero-order valence-corrected chi connectivity index (χ0v) is 13.2. The van der Waals surface area contributed by atoms with Crippen LogP contribution in [0.25, 0.3) is 5.65 Å². The smallest absolute Gasteiger partial charge is 0.320 e. The molecule has 0 aromatic carbocycles. The highest BCUT2D eigenvalue weighted by atomic mass is 16.2. The summed E-state index contributed by atoms with van der Waals surface area (Å²) >= 11 is 0. The van der Waals surface area contributed by atoms with Crippen molar-refractivity contribution in [2.45, 2.75) is 25.8 Å². The van der Waals surface area contributed by atoms with Gasteiger partial charge in [-0.05, 0) is 64.0 Å². The molecule has 2 aromatic heterocycles. The van der Waals surface area contributed by atoms with Crippen molar-refractivity contribution in [3.8, 4) is 0 Å². The topological polar surface area (TPSA) is 54.6 Å². The van der Waals surface area contributed by atoms with Gasteiger partial charge in [0.05, 0.1) is 6.54 Å². The Morgan fingerprint density at radius 1 is 1.27 bits per heavy atom. The molecule has 0 saturated carbocycles. The molecular formula is C16H25N5O. The van der Waals surface area contributed by atoms with E-state index in [-0.39, 0.29) is 5.69 Å². The third kappa shape index (κ3) is 3.39. The first-order valence-electron chi connectivity index (χ1n) is 8.19. The molecule has 0 unspecified atom stereocenters. The normalized spacial score (nSPS) is 17.3. The van der Waals surface area contributed by atoms with E-state index in [4.69, 9.17) is 0 Å². The number of nitrogens with one attached hydrogen (secondary N) is 1. The molecule has 6 heteroatoms. The Morgan fingerprint density at radius 3 is 2.82 bits per heavy atom. The number of piperidine rings is 1. The van der Waals surface area contributed by atoms with Crippen molar-refractivity contribution in [1.29, 1.82) is 0 Å². The maximum absolute atomic E-state index is 12.2. The lowest BCUT2D eigenvalue weighted by molar-refractivity contribution is 0.171. The summed E-state index contributed by atoms with van der Waals surface area (Å²) in [7, 11) is 2.02. The first kappa shape index (κ1) is 15.2. The standard InChI is InChI=1S/C16H25N5O/c1-17-8-5-14-6-10-19(11-7-14)12-13-21-16(22)20-9-3-2-4-15(20)18-21/h2-4,9,14,17H,5-8,10-13H2,1H3. The highest BCUT2D eigenvalue weighted by Gasteiger charge is 2.18. The van der Waals surface area contributed by atoms with Crippen LogP contribution in [0.4, 0.5) is 0 Å². The van der Waals surface area contributed by atoms with E-state index in [1.54, 1.807) is 15.3 Å². The average Bonchev–Trinajstić information content (AvgIpc) is 2.88. The van der Waals surface area contributed by atoms with Gasteiger partial charge in [0.15, 0.2) is 5.65 Å². The first-order chi connectivity index (χ1) is 10.8. The van der Waals surface area contributed by atoms with Gasteiger partial charge in [-0.2, -0.15) is 0 Å². The summed E-state index contributed by atoms with van der Waals surface area (Å²) in [6.07, 6.45) is 5.58. The van der Waals surface area contributed by atoms with Gasteiger partial charge in [-0.15, -0.1) is 5.10 Å². The molecule has 3 rings (SSSR count). The Morgan fingerprint density at radius 2 is 2.09 bits per heavy atom. The Bertz CT molecular complexity index is 654. The molecule has 2 aromatic rings. The molecule has 1 aliphatic rings. The lowest BCUT2D eigenvalue weighted by atomic mass is 9.93. The maximum Gasteiger partial charge on any atom is 0.350 e. The minimum atomic E-state index is -0.0421. The summed E-state index contributed by atoms with van der Waals surface area (Å²) in [5.74, 6) is 0.849. The summed E-state index contributed by atoms with van der Waals surface area (Å²) in [5.41, 5.74) is 0.678. The predicted octanol–water partition coefficient (Wildman–Crippen LogP) is 0.817. The molecule has 0 aliphatic carbocycles. The molecule has 22 heavy (non-hydrogen) atoms. The number of pyridine rings is 1. The van der Waals surface area contributed by atoms with Crippen molar-refractivity contribution in [3.05, 3.63) is 34.9 Å². The Labute approximate surface area is 130 Å². The summed E-state index contributed by atoms with van der Waals surface area (Å²) in [5, 5.41) is 7.61. The lowest BCUT2D eigenvalue weighted by Gasteiger charge is -2.31. The van der Waals surface area contributed by atoms with Crippen LogP contribution in [0.15, 0.2) is 29.2 Å². The Kier molecular flexibility index (Phi) is 4.90. The molecule has 0 atom stereocenters. The number of rotatable bonds is 6. The molecule has 1 N–H and O–H groups in total. The van der Waals surface area contributed by atoms with E-state index < -0.39 is 0 Å². The van der Waals surface area contributed by atoms with Crippen LogP contribution in [0.5, 0.6) is 0 Å². The molecule has 3 heterocycles. The molecule has 1 fully saturated rings. The van der Waals surface area contributed by atoms with Gasteiger partial charge in [-0.25, -0.2) is 9.48 Å². The van der Waals surface area contributed by atoms with E-state index in [2.05, 4.69) is 15.3 Å². The van der Waals surface area contributed by atoms with E-state index in [0.717, 1.165) is 37.7 Å². The van der Waals surface area contributed by atoms with E-state index in [1.807, 2.05) is 25.2 Å². The fraction of sp³-hybridized carbons (Fsp3) is 0.625. The zero-order valence-electron chi connectivity index (χ0n) is 13.2. The average molecular weight is 303 g/mol. The quantitative estimate of drug-likeness (QED) is 0.858. The maximum atomic E-state index is 12.2. The van der Waals surface area contributed by atoms with Gasteiger partial charge in [-0.1, -0.05) is 6.07 Å². The van der Waals surface area contributed by atoms with Crippen LogP contribution in [0.2, 0.25) is 0 Å². The van der Waals surface area contributed by atoms with Crippen LogP contribution in [0.1, 0.15) is 19.3 Å². The van der Waals surface area contributed by atoms with Crippen molar-refractivity contribution in [2.24, 2.45) is 5.92 Å². The molecule has 6 nitrogen and oxygen atoms in total. The summed E-state index contributed by atoms with van der Waals surface area (Å²) in [6, 6.07) is 5.63. The molecule has 1 aliphatic heterocycles. The highest BCUT2D eigenvalue weighted by Crippen LogP contribution is 2.19. The summed E-state index contributed by atoms with van der Waals surface area (Å²) in [6.45, 7) is 4.96. The summed E-state index contributed by atoms with van der Waals surface area (Å²) < 4.78 is 3.19. The second kappa shape index (κ2) is 7.07. The first-order valence-corrected chi connectivity index (χ1v) is 8.19. The summed E-state index contributed by atoms with van der Waals surface area (Å²) in [4.78, 5) is 14.7. The van der Waals surface area contributed by atoms with Crippen LogP contribution in [0, 0.1) is 5.92 Å². The fourth-order valence-corrected chi connectivity index (χ4v) is 3.20. The third-order valence-electron chi connectivity index (χ3n) is 4.63. The van der Waals surface area contributed by atoms with Gasteiger partial charge in [0.25, 0.3) is 0 Å². The van der Waals surface area contributed by atoms with Crippen LogP contribution in [-0.4, -0.2) is 52.3 Å². The van der Waals surface area contributed by atoms with Crippen LogP contribution < -0.4 is 11.0 Å². The minimum Gasteiger partial charge on any atom is -0.320 e. The number of fused-ring (bicyclic) bond motifs is 1. The van der Waals surface area contributed by atoms with Gasteiger partial charge >= 0.3 is 5.69 Å². The molecule has 0 amide bonds. The molecule has 0 radical (unpaired) electrons.